The van der Waals surface area contributed by atoms with E-state index in [1.54, 1.807) is 0 Å². The van der Waals surface area contributed by atoms with Crippen LogP contribution in [-0.4, -0.2) is 0 Å². The number of rotatable bonds is 3. The zero-order chi connectivity index (χ0) is 15.6. The number of terminal acetylenes is 2. The van der Waals surface area contributed by atoms with Gasteiger partial charge < -0.3 is 0 Å². The van der Waals surface area contributed by atoms with Crippen LogP contribution >= 0.6 is 0 Å². The van der Waals surface area contributed by atoms with E-state index in [1.165, 1.54) is 11.1 Å². The highest BCUT2D eigenvalue weighted by molar-refractivity contribution is 5.41. The standard InChI is InChI=1S/C22H14/c1-3-5-7-19-9-13-21(14-10-19)17-18-22-15-11-20(12-16-22)8-6-4-2/h1-2,9-16H,17-18H2. The summed E-state index contributed by atoms with van der Waals surface area (Å²) in [6.07, 6.45) is 12.2. The Morgan fingerprint density at radius 1 is 0.591 bits per heavy atom. The Labute approximate surface area is 132 Å². The summed E-state index contributed by atoms with van der Waals surface area (Å²) >= 11 is 0. The molecular formula is C22H14. The van der Waals surface area contributed by atoms with Gasteiger partial charge in [0.2, 0.25) is 0 Å². The van der Waals surface area contributed by atoms with Crippen LogP contribution in [0.25, 0.3) is 0 Å². The molecular weight excluding hydrogens is 264 g/mol. The van der Waals surface area contributed by atoms with Crippen molar-refractivity contribution in [1.29, 1.82) is 0 Å². The van der Waals surface area contributed by atoms with Gasteiger partial charge in [-0.1, -0.05) is 36.1 Å². The van der Waals surface area contributed by atoms with E-state index in [0.29, 0.717) is 0 Å². The molecule has 0 heteroatoms. The Kier molecular flexibility index (Phi) is 5.53. The molecule has 22 heavy (non-hydrogen) atoms. The van der Waals surface area contributed by atoms with Gasteiger partial charge in [0.15, 0.2) is 0 Å². The van der Waals surface area contributed by atoms with Crippen LogP contribution in [-0.2, 0) is 12.8 Å². The third-order valence-electron chi connectivity index (χ3n) is 3.17. The second-order valence-electron chi connectivity index (χ2n) is 4.68. The zero-order valence-electron chi connectivity index (χ0n) is 12.2. The first-order chi connectivity index (χ1) is 10.8. The molecule has 102 valence electrons. The lowest BCUT2D eigenvalue weighted by molar-refractivity contribution is 0.960. The molecule has 0 aromatic heterocycles. The predicted molar refractivity (Wildman–Crippen MR) is 91.7 cm³/mol. The van der Waals surface area contributed by atoms with E-state index < -0.39 is 0 Å². The normalized spacial score (nSPS) is 8.45. The van der Waals surface area contributed by atoms with Gasteiger partial charge in [0.1, 0.15) is 0 Å². The SMILES string of the molecule is C#CC#Cc1ccc(CCc2ccc(C#CC#C)cc2)cc1. The van der Waals surface area contributed by atoms with Gasteiger partial charge in [-0.25, -0.2) is 0 Å². The Balaban J connectivity index is 1.95. The fraction of sp³-hybridized carbons (Fsp3) is 0.0909. The molecule has 2 aromatic carbocycles. The van der Waals surface area contributed by atoms with Crippen LogP contribution in [0.4, 0.5) is 0 Å². The molecule has 0 aliphatic heterocycles. The van der Waals surface area contributed by atoms with Crippen LogP contribution in [0.1, 0.15) is 22.3 Å². The molecule has 0 N–H and O–H groups in total. The molecule has 2 rings (SSSR count). The Morgan fingerprint density at radius 3 is 1.27 bits per heavy atom. The number of hydrogen-bond acceptors (Lipinski definition) is 0. The number of hydrogen-bond donors (Lipinski definition) is 0. The summed E-state index contributed by atoms with van der Waals surface area (Å²) in [5.74, 6) is 15.7. The first-order valence-corrected chi connectivity index (χ1v) is 6.93. The van der Waals surface area contributed by atoms with Crippen molar-refractivity contribution >= 4 is 0 Å². The van der Waals surface area contributed by atoms with Gasteiger partial charge in [0.25, 0.3) is 0 Å². The summed E-state index contributed by atoms with van der Waals surface area (Å²) in [5, 5.41) is 0. The Morgan fingerprint density at radius 2 is 0.955 bits per heavy atom. The molecule has 0 unspecified atom stereocenters. The summed E-state index contributed by atoms with van der Waals surface area (Å²) in [6.45, 7) is 0. The molecule has 0 amide bonds. The highest BCUT2D eigenvalue weighted by atomic mass is 14.0. The molecule has 0 spiro atoms. The third-order valence-corrected chi connectivity index (χ3v) is 3.17. The molecule has 0 saturated carbocycles. The molecule has 0 aliphatic rings. The fourth-order valence-electron chi connectivity index (χ4n) is 2.01. The van der Waals surface area contributed by atoms with E-state index in [4.69, 9.17) is 12.8 Å². The predicted octanol–water partition coefficient (Wildman–Crippen LogP) is 3.44. The summed E-state index contributed by atoms with van der Waals surface area (Å²) < 4.78 is 0. The van der Waals surface area contributed by atoms with Gasteiger partial charge in [0.05, 0.1) is 0 Å². The van der Waals surface area contributed by atoms with Gasteiger partial charge in [-0.2, -0.15) is 0 Å². The second-order valence-corrected chi connectivity index (χ2v) is 4.68. The monoisotopic (exact) mass is 278 g/mol. The summed E-state index contributed by atoms with van der Waals surface area (Å²) in [4.78, 5) is 0. The van der Waals surface area contributed by atoms with Gasteiger partial charge in [-0.3, -0.25) is 0 Å². The van der Waals surface area contributed by atoms with Crippen LogP contribution in [0.15, 0.2) is 48.5 Å². The smallest absolute Gasteiger partial charge is 0.0255 e. The number of benzene rings is 2. The molecule has 0 fully saturated rings. The van der Waals surface area contributed by atoms with Crippen LogP contribution < -0.4 is 0 Å². The number of aryl methyl sites for hydroxylation is 2. The highest BCUT2D eigenvalue weighted by Gasteiger charge is 1.97. The topological polar surface area (TPSA) is 0 Å². The van der Waals surface area contributed by atoms with Crippen molar-refractivity contribution in [2.75, 3.05) is 0 Å². The molecule has 0 nitrogen and oxygen atoms in total. The molecule has 0 heterocycles. The van der Waals surface area contributed by atoms with E-state index in [0.717, 1.165) is 24.0 Å². The minimum absolute atomic E-state index is 0.943. The van der Waals surface area contributed by atoms with E-state index >= 15 is 0 Å². The van der Waals surface area contributed by atoms with Gasteiger partial charge in [-0.15, -0.1) is 12.8 Å². The van der Waals surface area contributed by atoms with Crippen LogP contribution in [0.3, 0.4) is 0 Å². The first-order valence-electron chi connectivity index (χ1n) is 6.93. The Bertz CT molecular complexity index is 752. The van der Waals surface area contributed by atoms with Gasteiger partial charge >= 0.3 is 0 Å². The summed E-state index contributed by atoms with van der Waals surface area (Å²) in [5.41, 5.74) is 4.45. The zero-order valence-corrected chi connectivity index (χ0v) is 12.2. The minimum Gasteiger partial charge on any atom is -0.106 e. The van der Waals surface area contributed by atoms with E-state index in [1.807, 2.05) is 24.3 Å². The van der Waals surface area contributed by atoms with Crippen LogP contribution in [0.2, 0.25) is 0 Å². The minimum atomic E-state index is 0.943. The van der Waals surface area contributed by atoms with E-state index in [2.05, 4.69) is 59.8 Å². The average Bonchev–Trinajstić information content (AvgIpc) is 2.58. The highest BCUT2D eigenvalue weighted by Crippen LogP contribution is 2.10. The van der Waals surface area contributed by atoms with Crippen molar-refractivity contribution in [1.82, 2.24) is 0 Å². The lowest BCUT2D eigenvalue weighted by Crippen LogP contribution is -1.91. The summed E-state index contributed by atoms with van der Waals surface area (Å²) in [7, 11) is 0. The fourth-order valence-corrected chi connectivity index (χ4v) is 2.01. The third kappa shape index (κ3) is 4.66. The van der Waals surface area contributed by atoms with Gasteiger partial charge in [-0.05, 0) is 71.9 Å². The van der Waals surface area contributed by atoms with Gasteiger partial charge in [0, 0.05) is 11.1 Å². The molecule has 0 atom stereocenters. The maximum atomic E-state index is 5.11. The quantitative estimate of drug-likeness (QED) is 0.755. The van der Waals surface area contributed by atoms with Crippen molar-refractivity contribution < 1.29 is 0 Å². The van der Waals surface area contributed by atoms with Crippen molar-refractivity contribution in [2.45, 2.75) is 12.8 Å². The molecule has 0 bridgehead atoms. The Hall–Kier alpha value is -3.32. The molecule has 0 saturated heterocycles. The maximum Gasteiger partial charge on any atom is 0.0255 e. The van der Waals surface area contributed by atoms with Crippen molar-refractivity contribution in [2.24, 2.45) is 0 Å². The lowest BCUT2D eigenvalue weighted by atomic mass is 10.0. The largest absolute Gasteiger partial charge is 0.106 e. The molecule has 0 aliphatic carbocycles. The summed E-state index contributed by atoms with van der Waals surface area (Å²) in [6, 6.07) is 16.4. The van der Waals surface area contributed by atoms with Crippen LogP contribution in [0, 0.1) is 48.4 Å². The van der Waals surface area contributed by atoms with E-state index in [-0.39, 0.29) is 0 Å². The lowest BCUT2D eigenvalue weighted by Gasteiger charge is -2.03. The van der Waals surface area contributed by atoms with Crippen molar-refractivity contribution in [3.05, 3.63) is 70.8 Å². The molecule has 2 aromatic rings. The second kappa shape index (κ2) is 8.08. The first kappa shape index (κ1) is 15.1. The molecule has 0 radical (unpaired) electrons. The van der Waals surface area contributed by atoms with Crippen molar-refractivity contribution in [3.8, 4) is 48.4 Å². The maximum absolute atomic E-state index is 5.11. The van der Waals surface area contributed by atoms with Crippen molar-refractivity contribution in [3.63, 3.8) is 0 Å². The van der Waals surface area contributed by atoms with Crippen LogP contribution in [0.5, 0.6) is 0 Å². The van der Waals surface area contributed by atoms with E-state index in [9.17, 15) is 0 Å². The average molecular weight is 278 g/mol.